The van der Waals surface area contributed by atoms with E-state index in [-0.39, 0.29) is 0 Å². The maximum atomic E-state index is 5.96. The molecule has 142 valence electrons. The third-order valence-corrected chi connectivity index (χ3v) is 12.5. The third-order valence-electron chi connectivity index (χ3n) is 7.03. The summed E-state index contributed by atoms with van der Waals surface area (Å²) in [5.74, 6) is 2.58. The van der Waals surface area contributed by atoms with E-state index in [0.717, 1.165) is 11.5 Å². The molecule has 2 aromatic rings. The molecule has 4 rings (SSSR count). The van der Waals surface area contributed by atoms with Crippen LogP contribution in [0.5, 0.6) is 0 Å². The second kappa shape index (κ2) is 6.21. The highest BCUT2D eigenvalue weighted by Gasteiger charge is 2.45. The fourth-order valence-electron chi connectivity index (χ4n) is 5.29. The van der Waals surface area contributed by atoms with Gasteiger partial charge in [-0.05, 0) is 63.8 Å². The molecule has 27 heavy (non-hydrogen) atoms. The van der Waals surface area contributed by atoms with Crippen LogP contribution < -0.4 is 0 Å². The molecule has 2 aromatic heterocycles. The van der Waals surface area contributed by atoms with Gasteiger partial charge < -0.3 is 4.42 Å². The smallest absolute Gasteiger partial charge is 0.135 e. The summed E-state index contributed by atoms with van der Waals surface area (Å²) in [7, 11) is -1.68. The number of rotatable bonds is 3. The lowest BCUT2D eigenvalue weighted by molar-refractivity contribution is 0.548. The van der Waals surface area contributed by atoms with E-state index < -0.39 is 8.07 Å². The summed E-state index contributed by atoms with van der Waals surface area (Å²) < 4.78 is 5.96. The van der Waals surface area contributed by atoms with Gasteiger partial charge in [-0.3, -0.25) is 0 Å². The number of hydrogen-bond donors (Lipinski definition) is 0. The quantitative estimate of drug-likeness (QED) is 0.482. The van der Waals surface area contributed by atoms with Crippen molar-refractivity contribution in [2.45, 2.75) is 60.2 Å². The first-order chi connectivity index (χ1) is 12.6. The van der Waals surface area contributed by atoms with Crippen molar-refractivity contribution in [3.05, 3.63) is 61.7 Å². The number of hydrogen-bond acceptors (Lipinski definition) is 2. The van der Waals surface area contributed by atoms with Crippen LogP contribution in [-0.4, -0.2) is 8.07 Å². The number of fused-ring (bicyclic) bond motifs is 1. The second-order valence-electron chi connectivity index (χ2n) is 8.92. The molecular formula is C24H30OSSi. The Balaban J connectivity index is 1.80. The molecule has 2 unspecified atom stereocenters. The van der Waals surface area contributed by atoms with E-state index in [1.165, 1.54) is 22.3 Å². The van der Waals surface area contributed by atoms with Gasteiger partial charge in [0.25, 0.3) is 0 Å². The summed E-state index contributed by atoms with van der Waals surface area (Å²) in [5, 5.41) is 4.06. The Morgan fingerprint density at radius 1 is 1.00 bits per heavy atom. The van der Waals surface area contributed by atoms with Crippen molar-refractivity contribution >= 4 is 25.0 Å². The van der Waals surface area contributed by atoms with Crippen LogP contribution in [0.1, 0.15) is 56.4 Å². The molecule has 0 amide bonds. The first kappa shape index (κ1) is 18.8. The van der Waals surface area contributed by atoms with Gasteiger partial charge in [0.2, 0.25) is 0 Å². The van der Waals surface area contributed by atoms with Crippen LogP contribution in [0, 0.1) is 12.8 Å². The lowest BCUT2D eigenvalue weighted by Crippen LogP contribution is -2.38. The second-order valence-corrected chi connectivity index (χ2v) is 14.4. The third kappa shape index (κ3) is 2.62. The molecule has 1 nitrogen and oxygen atoms in total. The molecule has 2 heterocycles. The van der Waals surface area contributed by atoms with E-state index in [0.29, 0.717) is 11.5 Å². The molecule has 0 aromatic carbocycles. The molecular weight excluding hydrogens is 364 g/mol. The van der Waals surface area contributed by atoms with Crippen molar-refractivity contribution in [1.29, 1.82) is 0 Å². The van der Waals surface area contributed by atoms with Crippen LogP contribution in [-0.2, 0) is 0 Å². The van der Waals surface area contributed by atoms with E-state index in [1.807, 2.05) is 18.3 Å². The van der Waals surface area contributed by atoms with Crippen molar-refractivity contribution in [1.82, 2.24) is 0 Å². The number of thiophene rings is 1. The minimum Gasteiger partial charge on any atom is -0.461 e. The molecule has 3 heteroatoms. The molecule has 2 aliphatic carbocycles. The molecule has 0 spiro atoms. The number of allylic oxidation sites excluding steroid dienone is 6. The normalized spacial score (nSPS) is 22.7. The van der Waals surface area contributed by atoms with Crippen LogP contribution in [0.4, 0.5) is 0 Å². The van der Waals surface area contributed by atoms with Crippen molar-refractivity contribution in [3.63, 3.8) is 0 Å². The molecule has 0 saturated carbocycles. The zero-order chi connectivity index (χ0) is 19.7. The van der Waals surface area contributed by atoms with Crippen molar-refractivity contribution in [2.75, 3.05) is 0 Å². The molecule has 0 saturated heterocycles. The topological polar surface area (TPSA) is 13.1 Å². The Kier molecular flexibility index (Phi) is 4.32. The van der Waals surface area contributed by atoms with Gasteiger partial charge in [-0.15, -0.1) is 11.3 Å². The molecule has 2 atom stereocenters. The van der Waals surface area contributed by atoms with Crippen molar-refractivity contribution in [2.24, 2.45) is 5.92 Å². The first-order valence-corrected chi connectivity index (χ1v) is 13.9. The van der Waals surface area contributed by atoms with E-state index >= 15 is 0 Å². The lowest BCUT2D eigenvalue weighted by Gasteiger charge is -2.34. The average molecular weight is 395 g/mol. The standard InChI is InChI=1S/C24H30OSSi/c1-13-11-21(27(7,8)24-17(5)15(3)16(4)18(24)6)23-22(13)19(12-26-23)20-10-9-14(2)25-20/h9-12,17,21H,1-8H3. The van der Waals surface area contributed by atoms with E-state index in [1.54, 1.807) is 21.2 Å². The van der Waals surface area contributed by atoms with Gasteiger partial charge in [-0.2, -0.15) is 0 Å². The van der Waals surface area contributed by atoms with Gasteiger partial charge in [0.1, 0.15) is 11.5 Å². The summed E-state index contributed by atoms with van der Waals surface area (Å²) in [6, 6.07) is 4.18. The molecule has 0 aliphatic heterocycles. The van der Waals surface area contributed by atoms with Gasteiger partial charge in [-0.1, -0.05) is 42.4 Å². The summed E-state index contributed by atoms with van der Waals surface area (Å²) >= 11 is 1.93. The van der Waals surface area contributed by atoms with Crippen LogP contribution >= 0.6 is 11.3 Å². The molecule has 0 fully saturated rings. The highest BCUT2D eigenvalue weighted by atomic mass is 32.1. The van der Waals surface area contributed by atoms with Crippen LogP contribution in [0.3, 0.4) is 0 Å². The first-order valence-electron chi connectivity index (χ1n) is 9.90. The van der Waals surface area contributed by atoms with E-state index in [4.69, 9.17) is 4.42 Å². The zero-order valence-electron chi connectivity index (χ0n) is 17.8. The van der Waals surface area contributed by atoms with Crippen LogP contribution in [0.25, 0.3) is 16.9 Å². The Morgan fingerprint density at radius 2 is 1.70 bits per heavy atom. The van der Waals surface area contributed by atoms with Gasteiger partial charge in [0.15, 0.2) is 0 Å². The summed E-state index contributed by atoms with van der Waals surface area (Å²) in [5.41, 5.74) is 9.36. The largest absolute Gasteiger partial charge is 0.461 e. The zero-order valence-corrected chi connectivity index (χ0v) is 19.6. The maximum Gasteiger partial charge on any atom is 0.135 e. The fourth-order valence-corrected chi connectivity index (χ4v) is 11.7. The summed E-state index contributed by atoms with van der Waals surface area (Å²) in [6.07, 6.45) is 2.56. The van der Waals surface area contributed by atoms with E-state index in [9.17, 15) is 0 Å². The highest BCUT2D eigenvalue weighted by Crippen LogP contribution is 2.53. The van der Waals surface area contributed by atoms with Crippen molar-refractivity contribution in [3.8, 4) is 11.3 Å². The Morgan fingerprint density at radius 3 is 2.26 bits per heavy atom. The average Bonchev–Trinajstić information content (AvgIpc) is 3.33. The monoisotopic (exact) mass is 394 g/mol. The highest BCUT2D eigenvalue weighted by molar-refractivity contribution is 7.12. The lowest BCUT2D eigenvalue weighted by atomic mass is 10.1. The molecule has 0 bridgehead atoms. The summed E-state index contributed by atoms with van der Waals surface area (Å²) in [4.78, 5) is 1.56. The van der Waals surface area contributed by atoms with Crippen LogP contribution in [0.15, 0.2) is 49.9 Å². The maximum absolute atomic E-state index is 5.96. The number of aryl methyl sites for hydroxylation is 1. The Labute approximate surface area is 168 Å². The SMILES string of the molecule is CC1=CC([Si](C)(C)C2=C(C)C(C)=C(C)C2C)c2scc(-c3ccc(C)o3)c21. The van der Waals surface area contributed by atoms with Gasteiger partial charge in [0.05, 0.1) is 8.07 Å². The molecule has 0 radical (unpaired) electrons. The fraction of sp³-hybridized carbons (Fsp3) is 0.417. The van der Waals surface area contributed by atoms with E-state index in [2.05, 4.69) is 71.3 Å². The predicted octanol–water partition coefficient (Wildman–Crippen LogP) is 7.91. The predicted molar refractivity (Wildman–Crippen MR) is 121 cm³/mol. The van der Waals surface area contributed by atoms with Gasteiger partial charge in [-0.25, -0.2) is 0 Å². The minimum atomic E-state index is -1.68. The Bertz CT molecular complexity index is 1020. The number of furan rings is 1. The minimum absolute atomic E-state index is 0.563. The molecule has 0 N–H and O–H groups in total. The van der Waals surface area contributed by atoms with Crippen molar-refractivity contribution < 1.29 is 4.42 Å². The Hall–Kier alpha value is -1.58. The van der Waals surface area contributed by atoms with Crippen LogP contribution in [0.2, 0.25) is 13.1 Å². The molecule has 2 aliphatic rings. The summed E-state index contributed by atoms with van der Waals surface area (Å²) in [6.45, 7) is 18.9. The van der Waals surface area contributed by atoms with Gasteiger partial charge in [0, 0.05) is 26.9 Å². The van der Waals surface area contributed by atoms with Gasteiger partial charge >= 0.3 is 0 Å².